The van der Waals surface area contributed by atoms with Crippen LogP contribution in [0.15, 0.2) is 72.8 Å². The van der Waals surface area contributed by atoms with Crippen molar-refractivity contribution < 1.29 is 23.5 Å². The minimum Gasteiger partial charge on any atom is -0.497 e. The Labute approximate surface area is 179 Å². The van der Waals surface area contributed by atoms with Crippen LogP contribution < -0.4 is 19.3 Å². The van der Waals surface area contributed by atoms with Gasteiger partial charge < -0.3 is 9.47 Å². The number of para-hydroxylation sites is 1. The van der Waals surface area contributed by atoms with Crippen molar-refractivity contribution in [3.8, 4) is 11.5 Å². The smallest absolute Gasteiger partial charge is 0.255 e. The summed E-state index contributed by atoms with van der Waals surface area (Å²) in [5, 5.41) is 0. The minimum atomic E-state index is -1.16. The predicted octanol–water partition coefficient (Wildman–Crippen LogP) is 3.96. The standard InChI is InChI=1S/C24H21FN2O4/c1-30-17-12-13-20(21(14-17)31-2)26-15-22(28)27(16-8-4-3-5-9-16)23(24(26)29)18-10-6-7-11-19(18)25/h3-14,23H,15H2,1-2H3/t23-/m0/s1. The van der Waals surface area contributed by atoms with Crippen molar-refractivity contribution in [2.24, 2.45) is 0 Å². The minimum absolute atomic E-state index is 0.127. The van der Waals surface area contributed by atoms with Gasteiger partial charge in [0, 0.05) is 17.3 Å². The van der Waals surface area contributed by atoms with E-state index in [9.17, 15) is 14.0 Å². The SMILES string of the molecule is COc1ccc(N2CC(=O)N(c3ccccc3)[C@@H](c3ccccc3F)C2=O)c(OC)c1. The van der Waals surface area contributed by atoms with E-state index in [0.29, 0.717) is 22.9 Å². The Hall–Kier alpha value is -3.87. The van der Waals surface area contributed by atoms with Crippen LogP contribution in [0.25, 0.3) is 0 Å². The first-order valence-corrected chi connectivity index (χ1v) is 9.70. The second-order valence-electron chi connectivity index (χ2n) is 6.99. The van der Waals surface area contributed by atoms with E-state index in [1.165, 1.54) is 36.2 Å². The lowest BCUT2D eigenvalue weighted by atomic mass is 9.98. The number of benzene rings is 3. The number of hydrogen-bond acceptors (Lipinski definition) is 4. The van der Waals surface area contributed by atoms with Crippen LogP contribution in [-0.2, 0) is 9.59 Å². The zero-order valence-electron chi connectivity index (χ0n) is 17.1. The first kappa shape index (κ1) is 20.4. The van der Waals surface area contributed by atoms with E-state index in [2.05, 4.69) is 0 Å². The fourth-order valence-corrected chi connectivity index (χ4v) is 3.75. The molecule has 158 valence electrons. The number of rotatable bonds is 5. The number of methoxy groups -OCH3 is 2. The van der Waals surface area contributed by atoms with E-state index >= 15 is 0 Å². The number of halogens is 1. The molecule has 1 aliphatic heterocycles. The molecule has 31 heavy (non-hydrogen) atoms. The lowest BCUT2D eigenvalue weighted by Crippen LogP contribution is -2.56. The monoisotopic (exact) mass is 420 g/mol. The number of hydrogen-bond donors (Lipinski definition) is 0. The number of piperazine rings is 1. The molecule has 1 heterocycles. The number of carbonyl (C=O) groups is 2. The Morgan fingerprint density at radius 2 is 1.61 bits per heavy atom. The van der Waals surface area contributed by atoms with Gasteiger partial charge in [-0.3, -0.25) is 19.4 Å². The van der Waals surface area contributed by atoms with Gasteiger partial charge in [-0.1, -0.05) is 36.4 Å². The van der Waals surface area contributed by atoms with Crippen molar-refractivity contribution in [3.63, 3.8) is 0 Å². The maximum Gasteiger partial charge on any atom is 0.255 e. The van der Waals surface area contributed by atoms with Crippen LogP contribution in [-0.4, -0.2) is 32.6 Å². The molecule has 6 nitrogen and oxygen atoms in total. The number of ether oxygens (including phenoxy) is 2. The second-order valence-corrected chi connectivity index (χ2v) is 6.99. The molecule has 1 fully saturated rings. The van der Waals surface area contributed by atoms with Gasteiger partial charge >= 0.3 is 0 Å². The zero-order valence-corrected chi connectivity index (χ0v) is 17.1. The summed E-state index contributed by atoms with van der Waals surface area (Å²) in [4.78, 5) is 29.7. The van der Waals surface area contributed by atoms with Crippen LogP contribution >= 0.6 is 0 Å². The van der Waals surface area contributed by atoms with Gasteiger partial charge in [0.15, 0.2) is 0 Å². The maximum absolute atomic E-state index is 14.8. The molecular weight excluding hydrogens is 399 g/mol. The van der Waals surface area contributed by atoms with Crippen LogP contribution in [0.5, 0.6) is 11.5 Å². The summed E-state index contributed by atoms with van der Waals surface area (Å²) >= 11 is 0. The van der Waals surface area contributed by atoms with Gasteiger partial charge in [0.2, 0.25) is 5.91 Å². The molecule has 1 atom stereocenters. The van der Waals surface area contributed by atoms with Crippen molar-refractivity contribution in [2.75, 3.05) is 30.6 Å². The molecule has 0 unspecified atom stereocenters. The highest BCUT2D eigenvalue weighted by Crippen LogP contribution is 2.39. The Morgan fingerprint density at radius 1 is 0.903 bits per heavy atom. The van der Waals surface area contributed by atoms with Gasteiger partial charge in [0.05, 0.1) is 19.9 Å². The largest absolute Gasteiger partial charge is 0.497 e. The Balaban J connectivity index is 1.84. The van der Waals surface area contributed by atoms with Crippen molar-refractivity contribution in [1.29, 1.82) is 0 Å². The molecule has 3 aromatic rings. The summed E-state index contributed by atoms with van der Waals surface area (Å²) in [6.07, 6.45) is 0. The summed E-state index contributed by atoms with van der Waals surface area (Å²) in [6, 6.07) is 18.6. The molecule has 4 rings (SSSR count). The number of anilines is 2. The van der Waals surface area contributed by atoms with Crippen molar-refractivity contribution in [1.82, 2.24) is 0 Å². The molecule has 1 saturated heterocycles. The topological polar surface area (TPSA) is 59.1 Å². The molecule has 0 aliphatic carbocycles. The van der Waals surface area contributed by atoms with Crippen LogP contribution in [0.4, 0.5) is 15.8 Å². The number of amides is 2. The Kier molecular flexibility index (Phi) is 5.58. The molecule has 0 aromatic heterocycles. The quantitative estimate of drug-likeness (QED) is 0.627. The normalized spacial score (nSPS) is 16.4. The van der Waals surface area contributed by atoms with E-state index in [0.717, 1.165) is 0 Å². The van der Waals surface area contributed by atoms with Crippen molar-refractivity contribution in [3.05, 3.63) is 84.2 Å². The summed E-state index contributed by atoms with van der Waals surface area (Å²) < 4.78 is 25.4. The molecule has 0 radical (unpaired) electrons. The predicted molar refractivity (Wildman–Crippen MR) is 115 cm³/mol. The molecule has 0 spiro atoms. The van der Waals surface area contributed by atoms with Gasteiger partial charge in [-0.25, -0.2) is 4.39 Å². The Morgan fingerprint density at radius 3 is 2.29 bits per heavy atom. The van der Waals surface area contributed by atoms with E-state index in [1.807, 2.05) is 6.07 Å². The number of carbonyl (C=O) groups excluding carboxylic acids is 2. The zero-order chi connectivity index (χ0) is 22.0. The van der Waals surface area contributed by atoms with Crippen LogP contribution in [0.2, 0.25) is 0 Å². The lowest BCUT2D eigenvalue weighted by Gasteiger charge is -2.40. The molecule has 0 saturated carbocycles. The lowest BCUT2D eigenvalue weighted by molar-refractivity contribution is -0.128. The fourth-order valence-electron chi connectivity index (χ4n) is 3.75. The van der Waals surface area contributed by atoms with Gasteiger partial charge in [0.1, 0.15) is 29.9 Å². The van der Waals surface area contributed by atoms with Crippen molar-refractivity contribution in [2.45, 2.75) is 6.04 Å². The summed E-state index contributed by atoms with van der Waals surface area (Å²) in [5.41, 5.74) is 1.06. The summed E-state index contributed by atoms with van der Waals surface area (Å²) in [7, 11) is 3.00. The van der Waals surface area contributed by atoms with E-state index in [-0.39, 0.29) is 18.0 Å². The highest BCUT2D eigenvalue weighted by molar-refractivity contribution is 6.15. The number of nitrogens with zero attached hydrogens (tertiary/aromatic N) is 2. The summed E-state index contributed by atoms with van der Waals surface area (Å²) in [6.45, 7) is -0.207. The highest BCUT2D eigenvalue weighted by Gasteiger charge is 2.43. The molecule has 0 N–H and O–H groups in total. The third-order valence-electron chi connectivity index (χ3n) is 5.23. The molecular formula is C24H21FN2O4. The third-order valence-corrected chi connectivity index (χ3v) is 5.23. The average Bonchev–Trinajstić information content (AvgIpc) is 2.80. The van der Waals surface area contributed by atoms with Gasteiger partial charge in [-0.05, 0) is 30.3 Å². The molecule has 2 amide bonds. The van der Waals surface area contributed by atoms with Crippen LogP contribution in [0.1, 0.15) is 11.6 Å². The van der Waals surface area contributed by atoms with Crippen molar-refractivity contribution >= 4 is 23.2 Å². The highest BCUT2D eigenvalue weighted by atomic mass is 19.1. The second kappa shape index (κ2) is 8.47. The van der Waals surface area contributed by atoms with Crippen LogP contribution in [0, 0.1) is 5.82 Å². The molecule has 3 aromatic carbocycles. The molecule has 1 aliphatic rings. The first-order valence-electron chi connectivity index (χ1n) is 9.70. The van der Waals surface area contributed by atoms with Gasteiger partial charge in [-0.15, -0.1) is 0 Å². The Bertz CT molecular complexity index is 1120. The first-order chi connectivity index (χ1) is 15.0. The van der Waals surface area contributed by atoms with Gasteiger partial charge in [0.25, 0.3) is 5.91 Å². The third kappa shape index (κ3) is 3.70. The average molecular weight is 420 g/mol. The molecule has 0 bridgehead atoms. The maximum atomic E-state index is 14.8. The van der Waals surface area contributed by atoms with E-state index in [1.54, 1.807) is 54.6 Å². The van der Waals surface area contributed by atoms with Gasteiger partial charge in [-0.2, -0.15) is 0 Å². The molecule has 7 heteroatoms. The van der Waals surface area contributed by atoms with Crippen LogP contribution in [0.3, 0.4) is 0 Å². The van der Waals surface area contributed by atoms with E-state index in [4.69, 9.17) is 9.47 Å². The fraction of sp³-hybridized carbons (Fsp3) is 0.167. The van der Waals surface area contributed by atoms with E-state index < -0.39 is 17.8 Å². The summed E-state index contributed by atoms with van der Waals surface area (Å²) in [5.74, 6) is -0.402.